The van der Waals surface area contributed by atoms with E-state index in [1.54, 1.807) is 0 Å². The van der Waals surface area contributed by atoms with Crippen LogP contribution in [0.15, 0.2) is 22.6 Å². The van der Waals surface area contributed by atoms with E-state index in [0.717, 1.165) is 22.9 Å². The van der Waals surface area contributed by atoms with Gasteiger partial charge in [0.2, 0.25) is 0 Å². The highest BCUT2D eigenvalue weighted by molar-refractivity contribution is 5.77. The Labute approximate surface area is 126 Å². The van der Waals surface area contributed by atoms with Crippen molar-refractivity contribution >= 4 is 16.8 Å². The number of nitrogens with one attached hydrogen (secondary N) is 1. The van der Waals surface area contributed by atoms with Crippen molar-refractivity contribution in [3.8, 4) is 0 Å². The number of nitrogens with zero attached hydrogens (tertiary/aromatic N) is 1. The smallest absolute Gasteiger partial charge is 0.198 e. The number of aromatic nitrogens is 1. The van der Waals surface area contributed by atoms with Crippen LogP contribution in [0.2, 0.25) is 0 Å². The Morgan fingerprint density at radius 2 is 2.05 bits per heavy atom. The Balaban J connectivity index is 1.56. The van der Waals surface area contributed by atoms with Gasteiger partial charge in [0.1, 0.15) is 5.52 Å². The molecule has 3 nitrogen and oxygen atoms in total. The first kappa shape index (κ1) is 13.2. The molecule has 0 spiro atoms. The van der Waals surface area contributed by atoms with E-state index in [9.17, 15) is 0 Å². The lowest BCUT2D eigenvalue weighted by Crippen LogP contribution is -2.22. The highest BCUT2D eigenvalue weighted by atomic mass is 16.3. The Morgan fingerprint density at radius 3 is 2.71 bits per heavy atom. The lowest BCUT2D eigenvalue weighted by Gasteiger charge is -2.19. The molecule has 2 saturated carbocycles. The molecule has 2 fully saturated rings. The summed E-state index contributed by atoms with van der Waals surface area (Å²) in [6.45, 7) is 7.09. The zero-order valence-electron chi connectivity index (χ0n) is 13.1. The van der Waals surface area contributed by atoms with Crippen LogP contribution < -0.4 is 5.32 Å². The molecule has 0 amide bonds. The molecular weight excluding hydrogens is 260 g/mol. The third-order valence-electron chi connectivity index (χ3n) is 5.02. The van der Waals surface area contributed by atoms with Crippen LogP contribution in [0.3, 0.4) is 0 Å². The maximum Gasteiger partial charge on any atom is 0.198 e. The summed E-state index contributed by atoms with van der Waals surface area (Å²) in [4.78, 5) is 4.65. The summed E-state index contributed by atoms with van der Waals surface area (Å²) in [7, 11) is 0. The number of anilines is 1. The van der Waals surface area contributed by atoms with Gasteiger partial charge in [-0.25, -0.2) is 4.98 Å². The summed E-state index contributed by atoms with van der Waals surface area (Å²) in [5.41, 5.74) is 3.54. The standard InChI is InChI=1S/C18H24N2O/c1-11-9-18(2,3)10-15(11)19-13-6-7-16-14(8-13)20-17(21-16)12-4-5-12/h6-8,11-12,15,19H,4-5,9-10H2,1-3H3. The number of fused-ring (bicyclic) bond motifs is 1. The fraction of sp³-hybridized carbons (Fsp3) is 0.611. The molecule has 2 atom stereocenters. The van der Waals surface area contributed by atoms with Crippen LogP contribution in [0.5, 0.6) is 0 Å². The number of benzene rings is 1. The summed E-state index contributed by atoms with van der Waals surface area (Å²) in [6.07, 6.45) is 4.99. The maximum absolute atomic E-state index is 5.83. The third-order valence-corrected chi connectivity index (χ3v) is 5.02. The number of hydrogen-bond acceptors (Lipinski definition) is 3. The zero-order valence-corrected chi connectivity index (χ0v) is 13.1. The van der Waals surface area contributed by atoms with Crippen molar-refractivity contribution in [1.82, 2.24) is 4.98 Å². The van der Waals surface area contributed by atoms with Crippen molar-refractivity contribution in [1.29, 1.82) is 0 Å². The summed E-state index contributed by atoms with van der Waals surface area (Å²) >= 11 is 0. The topological polar surface area (TPSA) is 38.1 Å². The Morgan fingerprint density at radius 1 is 1.24 bits per heavy atom. The molecule has 4 rings (SSSR count). The van der Waals surface area contributed by atoms with E-state index in [0.29, 0.717) is 17.4 Å². The molecular formula is C18H24N2O. The van der Waals surface area contributed by atoms with Crippen molar-refractivity contribution < 1.29 is 4.42 Å². The fourth-order valence-electron chi connectivity index (χ4n) is 3.84. The molecule has 0 aliphatic heterocycles. The Hall–Kier alpha value is -1.51. The number of hydrogen-bond donors (Lipinski definition) is 1. The van der Waals surface area contributed by atoms with E-state index >= 15 is 0 Å². The van der Waals surface area contributed by atoms with Gasteiger partial charge in [-0.3, -0.25) is 0 Å². The molecule has 2 aliphatic rings. The molecule has 3 heteroatoms. The maximum atomic E-state index is 5.83. The van der Waals surface area contributed by atoms with Gasteiger partial charge >= 0.3 is 0 Å². The molecule has 112 valence electrons. The largest absolute Gasteiger partial charge is 0.440 e. The van der Waals surface area contributed by atoms with Gasteiger partial charge in [-0.2, -0.15) is 0 Å². The molecule has 2 unspecified atom stereocenters. The van der Waals surface area contributed by atoms with Crippen LogP contribution in [0.1, 0.15) is 58.3 Å². The van der Waals surface area contributed by atoms with Crippen LogP contribution in [0.4, 0.5) is 5.69 Å². The zero-order chi connectivity index (χ0) is 14.6. The lowest BCUT2D eigenvalue weighted by molar-refractivity contribution is 0.366. The van der Waals surface area contributed by atoms with Crippen LogP contribution >= 0.6 is 0 Å². The number of rotatable bonds is 3. The van der Waals surface area contributed by atoms with E-state index in [4.69, 9.17) is 4.42 Å². The van der Waals surface area contributed by atoms with Crippen molar-refractivity contribution in [2.24, 2.45) is 11.3 Å². The van der Waals surface area contributed by atoms with Gasteiger partial charge in [0.05, 0.1) is 0 Å². The van der Waals surface area contributed by atoms with Gasteiger partial charge in [0.15, 0.2) is 11.5 Å². The minimum Gasteiger partial charge on any atom is -0.440 e. The molecule has 0 bridgehead atoms. The van der Waals surface area contributed by atoms with Crippen LogP contribution in [0, 0.1) is 11.3 Å². The highest BCUT2D eigenvalue weighted by Gasteiger charge is 2.36. The molecule has 0 saturated heterocycles. The molecule has 0 radical (unpaired) electrons. The predicted molar refractivity (Wildman–Crippen MR) is 85.6 cm³/mol. The molecule has 2 aliphatic carbocycles. The molecule has 1 N–H and O–H groups in total. The second kappa shape index (κ2) is 4.49. The summed E-state index contributed by atoms with van der Waals surface area (Å²) in [5, 5.41) is 3.71. The third kappa shape index (κ3) is 2.54. The first-order chi connectivity index (χ1) is 10.00. The van der Waals surface area contributed by atoms with E-state index in [1.807, 2.05) is 0 Å². The Bertz CT molecular complexity index is 669. The van der Waals surface area contributed by atoms with E-state index < -0.39 is 0 Å². The summed E-state index contributed by atoms with van der Waals surface area (Å²) < 4.78 is 5.83. The van der Waals surface area contributed by atoms with Crippen LogP contribution in [-0.4, -0.2) is 11.0 Å². The van der Waals surface area contributed by atoms with E-state index in [-0.39, 0.29) is 0 Å². The van der Waals surface area contributed by atoms with Gasteiger partial charge < -0.3 is 9.73 Å². The molecule has 21 heavy (non-hydrogen) atoms. The van der Waals surface area contributed by atoms with Crippen LogP contribution in [0.25, 0.3) is 11.1 Å². The number of oxazole rings is 1. The second-order valence-corrected chi connectivity index (χ2v) is 7.81. The van der Waals surface area contributed by atoms with Crippen molar-refractivity contribution in [2.75, 3.05) is 5.32 Å². The first-order valence-electron chi connectivity index (χ1n) is 8.17. The van der Waals surface area contributed by atoms with Gasteiger partial charge in [-0.1, -0.05) is 20.8 Å². The van der Waals surface area contributed by atoms with Crippen molar-refractivity contribution in [2.45, 2.75) is 58.4 Å². The van der Waals surface area contributed by atoms with Crippen molar-refractivity contribution in [3.05, 3.63) is 24.1 Å². The lowest BCUT2D eigenvalue weighted by atomic mass is 9.91. The summed E-state index contributed by atoms with van der Waals surface area (Å²) in [6, 6.07) is 6.89. The first-order valence-corrected chi connectivity index (χ1v) is 8.17. The van der Waals surface area contributed by atoms with Gasteiger partial charge in [-0.05, 0) is 55.2 Å². The van der Waals surface area contributed by atoms with Gasteiger partial charge in [0.25, 0.3) is 0 Å². The molecule has 2 aromatic rings. The minimum atomic E-state index is 0.453. The van der Waals surface area contributed by atoms with Gasteiger partial charge in [0, 0.05) is 17.6 Å². The molecule has 1 heterocycles. The predicted octanol–water partition coefficient (Wildman–Crippen LogP) is 4.94. The van der Waals surface area contributed by atoms with Crippen molar-refractivity contribution in [3.63, 3.8) is 0 Å². The normalized spacial score (nSPS) is 28.1. The van der Waals surface area contributed by atoms with E-state index in [2.05, 4.69) is 49.3 Å². The fourth-order valence-corrected chi connectivity index (χ4v) is 3.84. The van der Waals surface area contributed by atoms with Gasteiger partial charge in [-0.15, -0.1) is 0 Å². The molecule has 1 aromatic heterocycles. The minimum absolute atomic E-state index is 0.453. The average molecular weight is 284 g/mol. The highest BCUT2D eigenvalue weighted by Crippen LogP contribution is 2.43. The summed E-state index contributed by atoms with van der Waals surface area (Å²) in [5.74, 6) is 2.22. The SMILES string of the molecule is CC1CC(C)(C)CC1Nc1ccc2oc(C3CC3)nc2c1. The molecule has 1 aromatic carbocycles. The Kier molecular flexibility index (Phi) is 2.82. The van der Waals surface area contributed by atoms with Crippen LogP contribution in [-0.2, 0) is 0 Å². The monoisotopic (exact) mass is 284 g/mol. The van der Waals surface area contributed by atoms with E-state index in [1.165, 1.54) is 31.4 Å². The second-order valence-electron chi connectivity index (χ2n) is 7.81. The quantitative estimate of drug-likeness (QED) is 0.867. The average Bonchev–Trinajstić information content (AvgIpc) is 3.11.